The van der Waals surface area contributed by atoms with Gasteiger partial charge in [-0.05, 0) is 43.7 Å². The van der Waals surface area contributed by atoms with E-state index in [9.17, 15) is 9.90 Å². The average molecular weight is 329 g/mol. The molecule has 1 amide bonds. The van der Waals surface area contributed by atoms with Crippen molar-refractivity contribution in [1.29, 1.82) is 0 Å². The molecular weight excluding hydrogens is 306 g/mol. The Hall–Kier alpha value is -2.53. The van der Waals surface area contributed by atoms with E-state index in [-0.39, 0.29) is 12.5 Å². The molecule has 0 bridgehead atoms. The summed E-state index contributed by atoms with van der Waals surface area (Å²) in [7, 11) is 3.09. The molecule has 2 aromatic rings. The van der Waals surface area contributed by atoms with Gasteiger partial charge in [0.15, 0.2) is 11.5 Å². The second-order valence-electron chi connectivity index (χ2n) is 5.72. The van der Waals surface area contributed by atoms with Crippen LogP contribution in [-0.2, 0) is 0 Å². The van der Waals surface area contributed by atoms with Crippen LogP contribution in [0.3, 0.4) is 0 Å². The molecular formula is C19H23NO4. The highest BCUT2D eigenvalue weighted by molar-refractivity contribution is 5.94. The van der Waals surface area contributed by atoms with E-state index in [0.29, 0.717) is 22.6 Å². The molecule has 0 fully saturated rings. The van der Waals surface area contributed by atoms with Gasteiger partial charge < -0.3 is 19.9 Å². The van der Waals surface area contributed by atoms with E-state index in [1.807, 2.05) is 32.0 Å². The summed E-state index contributed by atoms with van der Waals surface area (Å²) in [6, 6.07) is 10.8. The van der Waals surface area contributed by atoms with Crippen molar-refractivity contribution in [3.63, 3.8) is 0 Å². The highest BCUT2D eigenvalue weighted by atomic mass is 16.5. The molecule has 1 unspecified atom stereocenters. The molecule has 5 nitrogen and oxygen atoms in total. The molecule has 0 radical (unpaired) electrons. The second kappa shape index (κ2) is 7.84. The third-order valence-corrected chi connectivity index (χ3v) is 3.73. The van der Waals surface area contributed by atoms with Crippen molar-refractivity contribution in [1.82, 2.24) is 5.32 Å². The number of hydrogen-bond donors (Lipinski definition) is 2. The first-order chi connectivity index (χ1) is 11.4. The molecule has 0 spiro atoms. The monoisotopic (exact) mass is 329 g/mol. The maximum Gasteiger partial charge on any atom is 0.251 e. The standard InChI is InChI=1S/C19H23NO4/c1-12-7-13(2)9-15(8-12)19(22)20-11-16(21)14-5-6-17(23-3)18(10-14)24-4/h5-10,16,21H,11H2,1-4H3,(H,20,22). The fourth-order valence-corrected chi connectivity index (χ4v) is 2.58. The summed E-state index contributed by atoms with van der Waals surface area (Å²) in [6.07, 6.45) is -0.834. The van der Waals surface area contributed by atoms with Gasteiger partial charge in [0.25, 0.3) is 5.91 Å². The molecule has 0 saturated carbocycles. The van der Waals surface area contributed by atoms with Crippen LogP contribution in [-0.4, -0.2) is 31.8 Å². The zero-order valence-corrected chi connectivity index (χ0v) is 14.4. The molecule has 0 aliphatic carbocycles. The number of benzene rings is 2. The van der Waals surface area contributed by atoms with Crippen molar-refractivity contribution in [3.05, 3.63) is 58.7 Å². The Kier molecular flexibility index (Phi) is 5.82. The minimum Gasteiger partial charge on any atom is -0.493 e. The van der Waals surface area contributed by atoms with Gasteiger partial charge in [0.05, 0.1) is 20.3 Å². The van der Waals surface area contributed by atoms with E-state index >= 15 is 0 Å². The molecule has 0 aliphatic heterocycles. The van der Waals surface area contributed by atoms with Gasteiger partial charge in [-0.3, -0.25) is 4.79 Å². The lowest BCUT2D eigenvalue weighted by molar-refractivity contribution is 0.0916. The van der Waals surface area contributed by atoms with Crippen LogP contribution in [0.4, 0.5) is 0 Å². The van der Waals surface area contributed by atoms with E-state index in [0.717, 1.165) is 11.1 Å². The van der Waals surface area contributed by atoms with Crippen LogP contribution in [0.2, 0.25) is 0 Å². The van der Waals surface area contributed by atoms with Crippen LogP contribution in [0.15, 0.2) is 36.4 Å². The Balaban J connectivity index is 2.04. The normalized spacial score (nSPS) is 11.7. The van der Waals surface area contributed by atoms with Gasteiger partial charge in [0.2, 0.25) is 0 Å². The number of methoxy groups -OCH3 is 2. The Morgan fingerprint density at radius 3 is 2.25 bits per heavy atom. The van der Waals surface area contributed by atoms with Gasteiger partial charge in [-0.1, -0.05) is 23.3 Å². The summed E-state index contributed by atoms with van der Waals surface area (Å²) < 4.78 is 10.4. The Bertz CT molecular complexity index is 707. The predicted molar refractivity (Wildman–Crippen MR) is 92.8 cm³/mol. The molecule has 5 heteroatoms. The summed E-state index contributed by atoms with van der Waals surface area (Å²) >= 11 is 0. The third-order valence-electron chi connectivity index (χ3n) is 3.73. The van der Waals surface area contributed by atoms with Gasteiger partial charge in [0, 0.05) is 12.1 Å². The number of aryl methyl sites for hydroxylation is 2. The second-order valence-corrected chi connectivity index (χ2v) is 5.72. The topological polar surface area (TPSA) is 67.8 Å². The summed E-state index contributed by atoms with van der Waals surface area (Å²) in [6.45, 7) is 4.01. The maximum atomic E-state index is 12.2. The zero-order chi connectivity index (χ0) is 17.7. The van der Waals surface area contributed by atoms with Crippen molar-refractivity contribution >= 4 is 5.91 Å². The van der Waals surface area contributed by atoms with Crippen LogP contribution in [0.25, 0.3) is 0 Å². The fourth-order valence-electron chi connectivity index (χ4n) is 2.58. The minimum atomic E-state index is -0.834. The molecule has 2 N–H and O–H groups in total. The lowest BCUT2D eigenvalue weighted by Crippen LogP contribution is -2.28. The number of aliphatic hydroxyl groups is 1. The summed E-state index contributed by atoms with van der Waals surface area (Å²) in [5.41, 5.74) is 3.29. The van der Waals surface area contributed by atoms with E-state index in [2.05, 4.69) is 5.32 Å². The van der Waals surface area contributed by atoms with Gasteiger partial charge >= 0.3 is 0 Å². The van der Waals surface area contributed by atoms with Crippen molar-refractivity contribution < 1.29 is 19.4 Å². The first-order valence-corrected chi connectivity index (χ1v) is 7.71. The molecule has 2 rings (SSSR count). The van der Waals surface area contributed by atoms with Crippen LogP contribution >= 0.6 is 0 Å². The van der Waals surface area contributed by atoms with Crippen molar-refractivity contribution in [2.75, 3.05) is 20.8 Å². The smallest absolute Gasteiger partial charge is 0.251 e. The minimum absolute atomic E-state index is 0.112. The van der Waals surface area contributed by atoms with Crippen molar-refractivity contribution in [3.8, 4) is 11.5 Å². The first kappa shape index (κ1) is 17.8. The van der Waals surface area contributed by atoms with Crippen LogP contribution in [0.5, 0.6) is 11.5 Å². The predicted octanol–water partition coefficient (Wildman–Crippen LogP) is 2.78. The van der Waals surface area contributed by atoms with Crippen LogP contribution < -0.4 is 14.8 Å². The highest BCUT2D eigenvalue weighted by Gasteiger charge is 2.14. The SMILES string of the molecule is COc1ccc(C(O)CNC(=O)c2cc(C)cc(C)c2)cc1OC. The number of ether oxygens (including phenoxy) is 2. The summed E-state index contributed by atoms with van der Waals surface area (Å²) in [5, 5.41) is 13.1. The molecule has 0 heterocycles. The molecule has 128 valence electrons. The van der Waals surface area contributed by atoms with Gasteiger partial charge in [-0.25, -0.2) is 0 Å². The average Bonchev–Trinajstić information content (AvgIpc) is 2.57. The number of hydrogen-bond acceptors (Lipinski definition) is 4. The van der Waals surface area contributed by atoms with E-state index in [4.69, 9.17) is 9.47 Å². The lowest BCUT2D eigenvalue weighted by atomic mass is 10.1. The van der Waals surface area contributed by atoms with E-state index in [1.54, 1.807) is 25.3 Å². The largest absolute Gasteiger partial charge is 0.493 e. The Morgan fingerprint density at radius 2 is 1.67 bits per heavy atom. The third kappa shape index (κ3) is 4.26. The number of carbonyl (C=O) groups is 1. The Labute approximate surface area is 142 Å². The van der Waals surface area contributed by atoms with Crippen LogP contribution in [0, 0.1) is 13.8 Å². The molecule has 0 saturated heterocycles. The number of rotatable bonds is 6. The number of amides is 1. The molecule has 1 atom stereocenters. The van der Waals surface area contributed by atoms with E-state index < -0.39 is 6.10 Å². The maximum absolute atomic E-state index is 12.2. The molecule has 2 aromatic carbocycles. The quantitative estimate of drug-likeness (QED) is 0.855. The zero-order valence-electron chi connectivity index (χ0n) is 14.4. The van der Waals surface area contributed by atoms with Crippen molar-refractivity contribution in [2.24, 2.45) is 0 Å². The Morgan fingerprint density at radius 1 is 1.04 bits per heavy atom. The molecule has 0 aliphatic rings. The van der Waals surface area contributed by atoms with Crippen molar-refractivity contribution in [2.45, 2.75) is 20.0 Å². The lowest BCUT2D eigenvalue weighted by Gasteiger charge is -2.15. The highest BCUT2D eigenvalue weighted by Crippen LogP contribution is 2.29. The number of aliphatic hydroxyl groups excluding tert-OH is 1. The fraction of sp³-hybridized carbons (Fsp3) is 0.316. The van der Waals surface area contributed by atoms with Crippen LogP contribution in [0.1, 0.15) is 33.2 Å². The number of nitrogens with one attached hydrogen (secondary N) is 1. The van der Waals surface area contributed by atoms with Gasteiger partial charge in [-0.15, -0.1) is 0 Å². The van der Waals surface area contributed by atoms with E-state index in [1.165, 1.54) is 7.11 Å². The summed E-state index contributed by atoms with van der Waals surface area (Å²) in [4.78, 5) is 12.2. The summed E-state index contributed by atoms with van der Waals surface area (Å²) in [5.74, 6) is 0.920. The van der Waals surface area contributed by atoms with Gasteiger partial charge in [-0.2, -0.15) is 0 Å². The number of carbonyl (C=O) groups excluding carboxylic acids is 1. The van der Waals surface area contributed by atoms with Gasteiger partial charge in [0.1, 0.15) is 0 Å². The molecule has 24 heavy (non-hydrogen) atoms. The first-order valence-electron chi connectivity index (χ1n) is 7.71. The molecule has 0 aromatic heterocycles.